The van der Waals surface area contributed by atoms with Gasteiger partial charge in [0.25, 0.3) is 0 Å². The summed E-state index contributed by atoms with van der Waals surface area (Å²) in [4.78, 5) is 0. The van der Waals surface area contributed by atoms with Crippen LogP contribution in [0.2, 0.25) is 0 Å². The molecule has 0 fully saturated rings. The van der Waals surface area contributed by atoms with E-state index in [1.165, 1.54) is 12.1 Å². The zero-order chi connectivity index (χ0) is 10.8. The Morgan fingerprint density at radius 3 is 2.64 bits per heavy atom. The first-order valence-corrected chi connectivity index (χ1v) is 6.54. The average molecular weight is 237 g/mol. The number of hydrogen-bond donors (Lipinski definition) is 0. The molecular weight excluding hydrogens is 227 g/mol. The van der Waals surface area contributed by atoms with E-state index in [0.29, 0.717) is 5.56 Å². The van der Waals surface area contributed by atoms with Crippen molar-refractivity contribution in [2.45, 2.75) is 13.3 Å². The van der Waals surface area contributed by atoms with Gasteiger partial charge in [-0.05, 0) is 36.6 Å². The molecule has 0 aliphatic carbocycles. The lowest BCUT2D eigenvalue weighted by Crippen LogP contribution is -2.02. The van der Waals surface area contributed by atoms with Gasteiger partial charge in [0, 0.05) is 10.7 Å². The number of rotatable bonds is 3. The average Bonchev–Trinajstić information content (AvgIpc) is 2.05. The van der Waals surface area contributed by atoms with E-state index in [0.717, 1.165) is 5.56 Å². The summed E-state index contributed by atoms with van der Waals surface area (Å²) >= 11 is 0. The van der Waals surface area contributed by atoms with Crippen molar-refractivity contribution in [1.29, 1.82) is 0 Å². The third-order valence-electron chi connectivity index (χ3n) is 1.93. The van der Waals surface area contributed by atoms with E-state index >= 15 is 0 Å². The van der Waals surface area contributed by atoms with Gasteiger partial charge in [0.15, 0.2) is 0 Å². The Morgan fingerprint density at radius 2 is 2.07 bits per heavy atom. The fourth-order valence-corrected chi connectivity index (χ4v) is 1.84. The maximum atomic E-state index is 12.8. The van der Waals surface area contributed by atoms with Crippen molar-refractivity contribution >= 4 is 19.7 Å². The van der Waals surface area contributed by atoms with Gasteiger partial charge < -0.3 is 0 Å². The van der Waals surface area contributed by atoms with Crippen LogP contribution in [0.25, 0.3) is 0 Å². The molecule has 0 N–H and O–H groups in total. The van der Waals surface area contributed by atoms with Gasteiger partial charge in [-0.1, -0.05) is 6.07 Å². The Morgan fingerprint density at radius 1 is 1.43 bits per heavy atom. The molecule has 5 heteroatoms. The van der Waals surface area contributed by atoms with Crippen LogP contribution < -0.4 is 0 Å². The first kappa shape index (κ1) is 11.5. The van der Waals surface area contributed by atoms with E-state index in [2.05, 4.69) is 0 Å². The lowest BCUT2D eigenvalue weighted by Gasteiger charge is -2.03. The van der Waals surface area contributed by atoms with Gasteiger partial charge in [0.05, 0.1) is 5.75 Å². The van der Waals surface area contributed by atoms with Gasteiger partial charge in [0.1, 0.15) is 5.82 Å². The van der Waals surface area contributed by atoms with Crippen LogP contribution in [0, 0.1) is 12.7 Å². The highest BCUT2D eigenvalue weighted by atomic mass is 35.7. The lowest BCUT2D eigenvalue weighted by atomic mass is 10.1. The zero-order valence-electron chi connectivity index (χ0n) is 7.63. The summed E-state index contributed by atoms with van der Waals surface area (Å²) in [6.45, 7) is 1.80. The Balaban J connectivity index is 2.81. The molecule has 0 spiro atoms. The second-order valence-corrected chi connectivity index (χ2v) is 5.96. The van der Waals surface area contributed by atoms with Gasteiger partial charge in [0.2, 0.25) is 9.05 Å². The fourth-order valence-electron chi connectivity index (χ4n) is 1.14. The third-order valence-corrected chi connectivity index (χ3v) is 3.08. The zero-order valence-corrected chi connectivity index (χ0v) is 9.20. The minimum Gasteiger partial charge on any atom is -0.212 e. The molecule has 0 aromatic heterocycles. The van der Waals surface area contributed by atoms with Crippen LogP contribution in [0.4, 0.5) is 4.39 Å². The van der Waals surface area contributed by atoms with Gasteiger partial charge in [-0.3, -0.25) is 0 Å². The van der Waals surface area contributed by atoms with Crippen LogP contribution in [0.1, 0.15) is 11.1 Å². The molecule has 1 aromatic carbocycles. The first-order valence-electron chi connectivity index (χ1n) is 4.06. The minimum atomic E-state index is -3.50. The monoisotopic (exact) mass is 236 g/mol. The van der Waals surface area contributed by atoms with Crippen molar-refractivity contribution in [2.75, 3.05) is 5.75 Å². The summed E-state index contributed by atoms with van der Waals surface area (Å²) in [6, 6.07) is 4.29. The number of halogens is 2. The molecule has 0 aliphatic heterocycles. The summed E-state index contributed by atoms with van der Waals surface area (Å²) < 4.78 is 34.1. The van der Waals surface area contributed by atoms with Crippen molar-refractivity contribution < 1.29 is 12.8 Å². The van der Waals surface area contributed by atoms with E-state index in [-0.39, 0.29) is 18.0 Å². The van der Waals surface area contributed by atoms with Gasteiger partial charge >= 0.3 is 0 Å². The van der Waals surface area contributed by atoms with E-state index in [1.807, 2.05) is 0 Å². The highest BCUT2D eigenvalue weighted by Crippen LogP contribution is 2.12. The number of aryl methyl sites for hydroxylation is 2. The normalized spacial score (nSPS) is 11.6. The third kappa shape index (κ3) is 3.64. The van der Waals surface area contributed by atoms with Crippen molar-refractivity contribution in [2.24, 2.45) is 0 Å². The second kappa shape index (κ2) is 4.28. The molecule has 0 unspecified atom stereocenters. The van der Waals surface area contributed by atoms with Crippen molar-refractivity contribution in [3.05, 3.63) is 35.1 Å². The van der Waals surface area contributed by atoms with Crippen LogP contribution >= 0.6 is 10.7 Å². The molecule has 0 bridgehead atoms. The Hall–Kier alpha value is -0.610. The maximum Gasteiger partial charge on any atom is 0.232 e. The molecular formula is C9H10ClFO2S. The molecule has 0 aliphatic rings. The van der Waals surface area contributed by atoms with E-state index in [9.17, 15) is 12.8 Å². The molecule has 0 saturated carbocycles. The van der Waals surface area contributed by atoms with Crippen LogP contribution in [-0.4, -0.2) is 14.2 Å². The summed E-state index contributed by atoms with van der Waals surface area (Å²) in [5, 5.41) is 0. The molecule has 0 saturated heterocycles. The second-order valence-electron chi connectivity index (χ2n) is 3.06. The largest absolute Gasteiger partial charge is 0.232 e. The van der Waals surface area contributed by atoms with E-state index in [1.54, 1.807) is 13.0 Å². The molecule has 14 heavy (non-hydrogen) atoms. The Labute approximate surface area is 87.1 Å². The minimum absolute atomic E-state index is 0.168. The molecule has 78 valence electrons. The molecule has 2 nitrogen and oxygen atoms in total. The number of benzene rings is 1. The lowest BCUT2D eigenvalue weighted by molar-refractivity contribution is 0.607. The van der Waals surface area contributed by atoms with E-state index < -0.39 is 9.05 Å². The van der Waals surface area contributed by atoms with Crippen molar-refractivity contribution in [3.63, 3.8) is 0 Å². The summed E-state index contributed by atoms with van der Waals surface area (Å²) in [6.07, 6.45) is 0.245. The van der Waals surface area contributed by atoms with Crippen molar-refractivity contribution in [1.82, 2.24) is 0 Å². The Kier molecular flexibility index (Phi) is 3.50. The highest BCUT2D eigenvalue weighted by Gasteiger charge is 2.07. The first-order chi connectivity index (χ1) is 6.38. The molecule has 1 rings (SSSR count). The van der Waals surface area contributed by atoms with Crippen LogP contribution in [0.3, 0.4) is 0 Å². The maximum absolute atomic E-state index is 12.8. The highest BCUT2D eigenvalue weighted by molar-refractivity contribution is 8.13. The summed E-state index contributed by atoms with van der Waals surface area (Å²) in [7, 11) is 1.55. The van der Waals surface area contributed by atoms with Crippen LogP contribution in [-0.2, 0) is 15.5 Å². The van der Waals surface area contributed by atoms with Gasteiger partial charge in [-0.25, -0.2) is 12.8 Å². The molecule has 0 atom stereocenters. The van der Waals surface area contributed by atoms with Crippen LogP contribution in [0.15, 0.2) is 18.2 Å². The quantitative estimate of drug-likeness (QED) is 0.755. The fraction of sp³-hybridized carbons (Fsp3) is 0.333. The summed E-state index contributed by atoms with van der Waals surface area (Å²) in [5.74, 6) is -0.531. The molecule has 0 amide bonds. The van der Waals surface area contributed by atoms with E-state index in [4.69, 9.17) is 10.7 Å². The van der Waals surface area contributed by atoms with Crippen molar-refractivity contribution in [3.8, 4) is 0 Å². The smallest absolute Gasteiger partial charge is 0.212 e. The SMILES string of the molecule is Cc1ccc(F)cc1CCS(=O)(=O)Cl. The van der Waals surface area contributed by atoms with Gasteiger partial charge in [-0.2, -0.15) is 0 Å². The molecule has 1 aromatic rings. The van der Waals surface area contributed by atoms with Gasteiger partial charge in [-0.15, -0.1) is 0 Å². The molecule has 0 heterocycles. The topological polar surface area (TPSA) is 34.1 Å². The standard InChI is InChI=1S/C9H10ClFO2S/c1-7-2-3-9(11)6-8(7)4-5-14(10,12)13/h2-3,6H,4-5H2,1H3. The number of hydrogen-bond acceptors (Lipinski definition) is 2. The predicted octanol–water partition coefficient (Wildman–Crippen LogP) is 2.25. The predicted molar refractivity (Wildman–Crippen MR) is 54.5 cm³/mol. The van der Waals surface area contributed by atoms with Crippen LogP contribution in [0.5, 0.6) is 0 Å². The summed E-state index contributed by atoms with van der Waals surface area (Å²) in [5.41, 5.74) is 1.54. The molecule has 0 radical (unpaired) electrons. The Bertz CT molecular complexity index is 428.